The van der Waals surface area contributed by atoms with Crippen molar-refractivity contribution in [3.05, 3.63) is 23.4 Å². The highest BCUT2D eigenvalue weighted by Crippen LogP contribution is 2.10. The second-order valence-electron chi connectivity index (χ2n) is 5.33. The van der Waals surface area contributed by atoms with Gasteiger partial charge in [0.15, 0.2) is 0 Å². The monoisotopic (exact) mass is 262 g/mol. The average molecular weight is 262 g/mol. The molecule has 5 nitrogen and oxygen atoms in total. The number of likely N-dealkylation sites (tertiary alicyclic amines) is 1. The molecule has 1 aromatic heterocycles. The molecule has 0 bridgehead atoms. The van der Waals surface area contributed by atoms with Crippen LogP contribution in [0.1, 0.15) is 24.1 Å². The maximum absolute atomic E-state index is 12.0. The Kier molecular flexibility index (Phi) is 4.50. The number of amides is 1. The van der Waals surface area contributed by atoms with Crippen LogP contribution in [0.4, 0.5) is 5.82 Å². The first kappa shape index (κ1) is 14.0. The van der Waals surface area contributed by atoms with Crippen LogP contribution in [-0.4, -0.2) is 41.5 Å². The normalized spacial score (nSPS) is 17.4. The number of carbonyl (C=O) groups excluding carboxylic acids is 1. The summed E-state index contributed by atoms with van der Waals surface area (Å²) in [5.41, 5.74) is 7.87. The molecule has 0 saturated carbocycles. The van der Waals surface area contributed by atoms with Crippen LogP contribution in [0.25, 0.3) is 0 Å². The molecule has 19 heavy (non-hydrogen) atoms. The summed E-state index contributed by atoms with van der Waals surface area (Å²) in [6, 6.07) is 4.17. The number of nitrogens with two attached hydrogens (primary N) is 1. The number of hydrogen-bond donors (Lipinski definition) is 2. The zero-order valence-electron chi connectivity index (χ0n) is 11.6. The second kappa shape index (κ2) is 6.12. The molecule has 1 amide bonds. The van der Waals surface area contributed by atoms with Crippen LogP contribution in [0, 0.1) is 13.8 Å². The molecule has 1 saturated heterocycles. The van der Waals surface area contributed by atoms with Gasteiger partial charge in [-0.25, -0.2) is 4.98 Å². The first-order valence-electron chi connectivity index (χ1n) is 6.76. The van der Waals surface area contributed by atoms with Crippen LogP contribution in [-0.2, 0) is 4.79 Å². The fourth-order valence-corrected chi connectivity index (χ4v) is 2.40. The van der Waals surface area contributed by atoms with E-state index in [-0.39, 0.29) is 5.91 Å². The van der Waals surface area contributed by atoms with Crippen molar-refractivity contribution in [1.29, 1.82) is 0 Å². The van der Waals surface area contributed by atoms with Gasteiger partial charge in [-0.05, 0) is 44.4 Å². The highest BCUT2D eigenvalue weighted by atomic mass is 16.2. The van der Waals surface area contributed by atoms with E-state index < -0.39 is 0 Å². The van der Waals surface area contributed by atoms with Gasteiger partial charge in [0.2, 0.25) is 5.91 Å². The first-order chi connectivity index (χ1) is 9.02. The van der Waals surface area contributed by atoms with Crippen molar-refractivity contribution in [3.8, 4) is 0 Å². The zero-order valence-corrected chi connectivity index (χ0v) is 11.6. The van der Waals surface area contributed by atoms with E-state index in [2.05, 4.69) is 15.2 Å². The number of pyridine rings is 1. The topological polar surface area (TPSA) is 71.2 Å². The molecule has 104 valence electrons. The molecule has 0 aliphatic carbocycles. The third kappa shape index (κ3) is 4.29. The molecule has 0 unspecified atom stereocenters. The smallest absolute Gasteiger partial charge is 0.239 e. The summed E-state index contributed by atoms with van der Waals surface area (Å²) >= 11 is 0. The largest absolute Gasteiger partial charge is 0.328 e. The van der Waals surface area contributed by atoms with Gasteiger partial charge in [0.25, 0.3) is 0 Å². The third-order valence-electron chi connectivity index (χ3n) is 3.36. The first-order valence-corrected chi connectivity index (χ1v) is 6.76. The Morgan fingerprint density at radius 3 is 2.74 bits per heavy atom. The molecule has 0 radical (unpaired) electrons. The van der Waals surface area contributed by atoms with E-state index in [0.717, 1.165) is 37.2 Å². The lowest BCUT2D eigenvalue weighted by atomic mass is 10.1. The molecule has 0 spiro atoms. The maximum Gasteiger partial charge on any atom is 0.239 e. The van der Waals surface area contributed by atoms with Crippen molar-refractivity contribution in [1.82, 2.24) is 9.88 Å². The molecule has 2 heterocycles. The summed E-state index contributed by atoms with van der Waals surface area (Å²) < 4.78 is 0. The Morgan fingerprint density at radius 1 is 1.42 bits per heavy atom. The fourth-order valence-electron chi connectivity index (χ4n) is 2.40. The number of carbonyl (C=O) groups is 1. The van der Waals surface area contributed by atoms with Gasteiger partial charge >= 0.3 is 0 Å². The zero-order chi connectivity index (χ0) is 13.8. The lowest BCUT2D eigenvalue weighted by Crippen LogP contribution is -2.43. The number of aromatic nitrogens is 1. The summed E-state index contributed by atoms with van der Waals surface area (Å²) in [6.07, 6.45) is 1.93. The van der Waals surface area contributed by atoms with Gasteiger partial charge in [-0.15, -0.1) is 0 Å². The van der Waals surface area contributed by atoms with Crippen molar-refractivity contribution in [2.45, 2.75) is 32.7 Å². The van der Waals surface area contributed by atoms with Crippen LogP contribution in [0.2, 0.25) is 0 Å². The molecule has 1 aliphatic rings. The van der Waals surface area contributed by atoms with Crippen LogP contribution in [0.15, 0.2) is 12.1 Å². The minimum Gasteiger partial charge on any atom is -0.328 e. The van der Waals surface area contributed by atoms with Crippen LogP contribution < -0.4 is 11.1 Å². The molecule has 1 fully saturated rings. The highest BCUT2D eigenvalue weighted by molar-refractivity contribution is 5.91. The standard InChI is InChI=1S/C14H22N4O/c1-10-7-11(2)16-13(8-10)17-14(19)9-18-5-3-12(15)4-6-18/h7-8,12H,3-6,9,15H2,1-2H3,(H,16,17,19). The molecule has 3 N–H and O–H groups in total. The summed E-state index contributed by atoms with van der Waals surface area (Å²) in [5, 5.41) is 2.86. The number of rotatable bonds is 3. The van der Waals surface area contributed by atoms with Crippen LogP contribution in [0.5, 0.6) is 0 Å². The number of nitrogens with zero attached hydrogens (tertiary/aromatic N) is 2. The van der Waals surface area contributed by atoms with Crippen LogP contribution >= 0.6 is 0 Å². The summed E-state index contributed by atoms with van der Waals surface area (Å²) in [7, 11) is 0. The highest BCUT2D eigenvalue weighted by Gasteiger charge is 2.18. The molecule has 2 rings (SSSR count). The molecule has 1 aliphatic heterocycles. The molecule has 5 heteroatoms. The predicted octanol–water partition coefficient (Wildman–Crippen LogP) is 1.06. The number of aryl methyl sites for hydroxylation is 2. The van der Waals surface area contributed by atoms with Crippen molar-refractivity contribution < 1.29 is 4.79 Å². The van der Waals surface area contributed by atoms with E-state index in [1.54, 1.807) is 0 Å². The summed E-state index contributed by atoms with van der Waals surface area (Å²) in [5.74, 6) is 0.629. The molecule has 0 atom stereocenters. The van der Waals surface area contributed by atoms with Gasteiger partial charge in [-0.1, -0.05) is 0 Å². The van der Waals surface area contributed by atoms with E-state index in [0.29, 0.717) is 18.4 Å². The van der Waals surface area contributed by atoms with Gasteiger partial charge in [-0.3, -0.25) is 9.69 Å². The molecular formula is C14H22N4O. The van der Waals surface area contributed by atoms with E-state index in [9.17, 15) is 4.79 Å². The van der Waals surface area contributed by atoms with E-state index in [4.69, 9.17) is 5.73 Å². The summed E-state index contributed by atoms with van der Waals surface area (Å²) in [6.45, 7) is 6.14. The van der Waals surface area contributed by atoms with Gasteiger partial charge in [-0.2, -0.15) is 0 Å². The van der Waals surface area contributed by atoms with Gasteiger partial charge < -0.3 is 11.1 Å². The lowest BCUT2D eigenvalue weighted by molar-refractivity contribution is -0.117. The summed E-state index contributed by atoms with van der Waals surface area (Å²) in [4.78, 5) is 18.4. The number of anilines is 1. The molecule has 0 aromatic carbocycles. The van der Waals surface area contributed by atoms with E-state index in [1.807, 2.05) is 26.0 Å². The average Bonchev–Trinajstić information content (AvgIpc) is 2.30. The van der Waals surface area contributed by atoms with Crippen molar-refractivity contribution in [3.63, 3.8) is 0 Å². The number of nitrogens with one attached hydrogen (secondary N) is 1. The van der Waals surface area contributed by atoms with Crippen LogP contribution in [0.3, 0.4) is 0 Å². The Bertz CT molecular complexity index is 433. The second-order valence-corrected chi connectivity index (χ2v) is 5.33. The quantitative estimate of drug-likeness (QED) is 0.854. The van der Waals surface area contributed by atoms with Crippen molar-refractivity contribution >= 4 is 11.7 Å². The van der Waals surface area contributed by atoms with E-state index >= 15 is 0 Å². The van der Waals surface area contributed by atoms with Gasteiger partial charge in [0.1, 0.15) is 5.82 Å². The van der Waals surface area contributed by atoms with Gasteiger partial charge in [0.05, 0.1) is 6.54 Å². The Balaban J connectivity index is 1.87. The lowest BCUT2D eigenvalue weighted by Gasteiger charge is -2.29. The Labute approximate surface area is 114 Å². The fraction of sp³-hybridized carbons (Fsp3) is 0.571. The van der Waals surface area contributed by atoms with E-state index in [1.165, 1.54) is 0 Å². The Hall–Kier alpha value is -1.46. The number of piperidine rings is 1. The minimum atomic E-state index is -0.00651. The third-order valence-corrected chi connectivity index (χ3v) is 3.36. The molecule has 1 aromatic rings. The Morgan fingerprint density at radius 2 is 2.11 bits per heavy atom. The van der Waals surface area contributed by atoms with Crippen molar-refractivity contribution in [2.24, 2.45) is 5.73 Å². The minimum absolute atomic E-state index is 0.00651. The van der Waals surface area contributed by atoms with Crippen molar-refractivity contribution in [2.75, 3.05) is 25.0 Å². The van der Waals surface area contributed by atoms with Gasteiger partial charge in [0, 0.05) is 24.8 Å². The SMILES string of the molecule is Cc1cc(C)nc(NC(=O)CN2CCC(N)CC2)c1. The molecular weight excluding hydrogens is 240 g/mol. The number of hydrogen-bond acceptors (Lipinski definition) is 4. The predicted molar refractivity (Wildman–Crippen MR) is 76.0 cm³/mol. The maximum atomic E-state index is 12.0.